The van der Waals surface area contributed by atoms with E-state index in [1.165, 1.54) is 12.8 Å². The first kappa shape index (κ1) is 11.9. The molecule has 1 saturated carbocycles. The summed E-state index contributed by atoms with van der Waals surface area (Å²) in [6.45, 7) is 2.03. The van der Waals surface area contributed by atoms with E-state index in [4.69, 9.17) is 14.6 Å². The van der Waals surface area contributed by atoms with Gasteiger partial charge in [0.1, 0.15) is 0 Å². The number of aliphatic hydroxyl groups is 1. The number of hydrogen-bond donors (Lipinski definition) is 2. The fraction of sp³-hybridized carbons (Fsp3) is 1.00. The summed E-state index contributed by atoms with van der Waals surface area (Å²) in [7, 11) is 1.77. The van der Waals surface area contributed by atoms with Crippen LogP contribution in [0.5, 0.6) is 0 Å². The van der Waals surface area contributed by atoms with E-state index in [9.17, 15) is 0 Å². The normalized spacial score (nSPS) is 27.0. The first-order valence-electron chi connectivity index (χ1n) is 5.33. The molecule has 0 heterocycles. The summed E-state index contributed by atoms with van der Waals surface area (Å²) in [5.41, 5.74) is 0. The molecule has 0 saturated heterocycles. The smallest absolute Gasteiger partial charge is 0.0724 e. The van der Waals surface area contributed by atoms with Crippen LogP contribution in [0.3, 0.4) is 0 Å². The molecule has 0 radical (unpaired) electrons. The molecule has 0 aliphatic heterocycles. The van der Waals surface area contributed by atoms with Crippen LogP contribution in [0.15, 0.2) is 0 Å². The third-order valence-electron chi connectivity index (χ3n) is 2.64. The van der Waals surface area contributed by atoms with Gasteiger partial charge in [-0.25, -0.2) is 0 Å². The Balaban J connectivity index is 2.00. The van der Waals surface area contributed by atoms with Gasteiger partial charge in [-0.1, -0.05) is 0 Å². The van der Waals surface area contributed by atoms with Gasteiger partial charge in [-0.05, 0) is 19.3 Å². The van der Waals surface area contributed by atoms with Crippen molar-refractivity contribution in [2.75, 3.05) is 33.5 Å². The maximum absolute atomic E-state index is 8.49. The monoisotopic (exact) mass is 203 g/mol. The van der Waals surface area contributed by atoms with Crippen molar-refractivity contribution in [3.8, 4) is 0 Å². The lowest BCUT2D eigenvalue weighted by atomic mass is 10.2. The van der Waals surface area contributed by atoms with Crippen molar-refractivity contribution in [2.24, 2.45) is 0 Å². The number of aliphatic hydroxyl groups excluding tert-OH is 1. The minimum absolute atomic E-state index is 0.101. The Kier molecular flexibility index (Phi) is 6.10. The Morgan fingerprint density at radius 1 is 1.36 bits per heavy atom. The molecular formula is C10H21NO3. The zero-order valence-electron chi connectivity index (χ0n) is 8.87. The van der Waals surface area contributed by atoms with Crippen molar-refractivity contribution in [2.45, 2.75) is 31.4 Å². The average molecular weight is 203 g/mol. The van der Waals surface area contributed by atoms with Crippen molar-refractivity contribution in [3.63, 3.8) is 0 Å². The molecule has 0 aromatic heterocycles. The minimum Gasteiger partial charge on any atom is -0.394 e. The lowest BCUT2D eigenvalue weighted by Gasteiger charge is -2.19. The molecule has 1 aliphatic rings. The first-order valence-corrected chi connectivity index (χ1v) is 5.33. The van der Waals surface area contributed by atoms with E-state index in [0.717, 1.165) is 13.0 Å². The van der Waals surface area contributed by atoms with Crippen molar-refractivity contribution in [3.05, 3.63) is 0 Å². The van der Waals surface area contributed by atoms with E-state index in [2.05, 4.69) is 5.32 Å². The highest BCUT2D eigenvalue weighted by Crippen LogP contribution is 2.21. The Hall–Kier alpha value is -0.160. The molecule has 4 nitrogen and oxygen atoms in total. The Morgan fingerprint density at radius 2 is 2.21 bits per heavy atom. The van der Waals surface area contributed by atoms with Gasteiger partial charge < -0.3 is 19.9 Å². The van der Waals surface area contributed by atoms with Crippen molar-refractivity contribution >= 4 is 0 Å². The zero-order valence-corrected chi connectivity index (χ0v) is 8.87. The number of ether oxygens (including phenoxy) is 2. The van der Waals surface area contributed by atoms with Crippen LogP contribution in [0.1, 0.15) is 19.3 Å². The van der Waals surface area contributed by atoms with Gasteiger partial charge in [-0.15, -0.1) is 0 Å². The molecule has 0 aromatic carbocycles. The topological polar surface area (TPSA) is 50.7 Å². The molecule has 0 amide bonds. The third kappa shape index (κ3) is 3.92. The second-order valence-electron chi connectivity index (χ2n) is 3.60. The molecule has 0 bridgehead atoms. The van der Waals surface area contributed by atoms with E-state index in [-0.39, 0.29) is 6.61 Å². The Bertz CT molecular complexity index is 143. The van der Waals surface area contributed by atoms with Crippen molar-refractivity contribution < 1.29 is 14.6 Å². The van der Waals surface area contributed by atoms with Gasteiger partial charge in [0, 0.05) is 19.7 Å². The van der Waals surface area contributed by atoms with E-state index in [0.29, 0.717) is 25.4 Å². The fourth-order valence-corrected chi connectivity index (χ4v) is 1.92. The molecule has 1 aliphatic carbocycles. The zero-order chi connectivity index (χ0) is 10.2. The molecule has 4 heteroatoms. The van der Waals surface area contributed by atoms with E-state index in [1.54, 1.807) is 7.11 Å². The van der Waals surface area contributed by atoms with Gasteiger partial charge >= 0.3 is 0 Å². The molecule has 84 valence electrons. The largest absolute Gasteiger partial charge is 0.394 e. The van der Waals surface area contributed by atoms with Crippen LogP contribution in [0, 0.1) is 0 Å². The second kappa shape index (κ2) is 7.17. The highest BCUT2D eigenvalue weighted by Gasteiger charge is 2.25. The fourth-order valence-electron chi connectivity index (χ4n) is 1.92. The molecule has 1 fully saturated rings. The summed E-state index contributed by atoms with van der Waals surface area (Å²) in [4.78, 5) is 0. The van der Waals surface area contributed by atoms with Gasteiger partial charge in [-0.2, -0.15) is 0 Å². The number of nitrogens with one attached hydrogen (secondary N) is 1. The third-order valence-corrected chi connectivity index (χ3v) is 2.64. The van der Waals surface area contributed by atoms with E-state index >= 15 is 0 Å². The molecule has 2 unspecified atom stereocenters. The molecule has 0 spiro atoms. The van der Waals surface area contributed by atoms with Gasteiger partial charge in [0.25, 0.3) is 0 Å². The predicted octanol–water partition coefficient (Wildman–Crippen LogP) is 0.152. The predicted molar refractivity (Wildman–Crippen MR) is 54.3 cm³/mol. The first-order chi connectivity index (χ1) is 6.88. The lowest BCUT2D eigenvalue weighted by molar-refractivity contribution is 0.0711. The van der Waals surface area contributed by atoms with Gasteiger partial charge in [0.15, 0.2) is 0 Å². The SMILES string of the molecule is COC1CCCC1NCCOCCO. The summed E-state index contributed by atoms with van der Waals surface area (Å²) in [6.07, 6.45) is 3.96. The van der Waals surface area contributed by atoms with E-state index in [1.807, 2.05) is 0 Å². The Labute approximate surface area is 85.6 Å². The van der Waals surface area contributed by atoms with Gasteiger partial charge in [0.05, 0.1) is 25.9 Å². The summed E-state index contributed by atoms with van der Waals surface area (Å²) >= 11 is 0. The average Bonchev–Trinajstić information content (AvgIpc) is 2.65. The standard InChI is InChI=1S/C10H21NO3/c1-13-10-4-2-3-9(10)11-5-7-14-8-6-12/h9-12H,2-8H2,1H3. The van der Waals surface area contributed by atoms with Crippen LogP contribution in [-0.2, 0) is 9.47 Å². The van der Waals surface area contributed by atoms with Crippen LogP contribution in [0.2, 0.25) is 0 Å². The van der Waals surface area contributed by atoms with Crippen LogP contribution in [-0.4, -0.2) is 50.7 Å². The highest BCUT2D eigenvalue weighted by atomic mass is 16.5. The Morgan fingerprint density at radius 3 is 2.93 bits per heavy atom. The molecule has 2 atom stereocenters. The summed E-state index contributed by atoms with van der Waals surface area (Å²) in [5, 5.41) is 11.9. The number of methoxy groups -OCH3 is 1. The molecule has 14 heavy (non-hydrogen) atoms. The number of hydrogen-bond acceptors (Lipinski definition) is 4. The van der Waals surface area contributed by atoms with Crippen LogP contribution in [0.4, 0.5) is 0 Å². The molecule has 2 N–H and O–H groups in total. The number of rotatable bonds is 7. The summed E-state index contributed by atoms with van der Waals surface area (Å²) in [6, 6.07) is 0.484. The quantitative estimate of drug-likeness (QED) is 0.578. The second-order valence-corrected chi connectivity index (χ2v) is 3.60. The van der Waals surface area contributed by atoms with Crippen molar-refractivity contribution in [1.82, 2.24) is 5.32 Å². The summed E-state index contributed by atoms with van der Waals surface area (Å²) in [5.74, 6) is 0. The van der Waals surface area contributed by atoms with Crippen LogP contribution >= 0.6 is 0 Å². The highest BCUT2D eigenvalue weighted by molar-refractivity contribution is 4.83. The maximum atomic E-state index is 8.49. The minimum atomic E-state index is 0.101. The maximum Gasteiger partial charge on any atom is 0.0724 e. The van der Waals surface area contributed by atoms with E-state index < -0.39 is 0 Å². The van der Waals surface area contributed by atoms with Gasteiger partial charge in [-0.3, -0.25) is 0 Å². The lowest BCUT2D eigenvalue weighted by Crippen LogP contribution is -2.38. The van der Waals surface area contributed by atoms with Crippen LogP contribution in [0.25, 0.3) is 0 Å². The summed E-state index contributed by atoms with van der Waals surface area (Å²) < 4.78 is 10.5. The molecule has 1 rings (SSSR count). The molecular weight excluding hydrogens is 182 g/mol. The van der Waals surface area contributed by atoms with Crippen LogP contribution < -0.4 is 5.32 Å². The van der Waals surface area contributed by atoms with Crippen molar-refractivity contribution in [1.29, 1.82) is 0 Å². The molecule has 0 aromatic rings. The van der Waals surface area contributed by atoms with Gasteiger partial charge in [0.2, 0.25) is 0 Å².